The lowest BCUT2D eigenvalue weighted by atomic mass is 10.1. The first kappa shape index (κ1) is 27.3. The molecule has 6 rings (SSSR count). The Morgan fingerprint density at radius 1 is 0.571 bits per heavy atom. The topological polar surface area (TPSA) is 137 Å². The maximum absolute atomic E-state index is 12.6. The summed E-state index contributed by atoms with van der Waals surface area (Å²) in [5.41, 5.74) is 0. The van der Waals surface area contributed by atoms with Crippen LogP contribution in [0.25, 0.3) is 0 Å². The van der Waals surface area contributed by atoms with Crippen molar-refractivity contribution in [3.05, 3.63) is 0 Å². The Hall–Kier alpha value is 0.725. The van der Waals surface area contributed by atoms with Gasteiger partial charge in [0.15, 0.2) is 6.23 Å². The lowest BCUT2D eigenvalue weighted by Gasteiger charge is -2.60. The first-order valence-electron chi connectivity index (χ1n) is 11.4. The van der Waals surface area contributed by atoms with Gasteiger partial charge >= 0.3 is 76.4 Å². The molecular formula is C13H32O14Si8. The minimum Gasteiger partial charge on any atom is -0.461 e. The molecule has 0 amide bonds. The second kappa shape index (κ2) is 8.12. The minimum absolute atomic E-state index is 0.319. The molecular weight excluding hydrogens is 605 g/mol. The van der Waals surface area contributed by atoms with Gasteiger partial charge in [0.1, 0.15) is 0 Å². The number of carbonyl (C=O) groups is 1. The lowest BCUT2D eigenvalue weighted by molar-refractivity contribution is -0.148. The molecule has 8 bridgehead atoms. The van der Waals surface area contributed by atoms with Crippen LogP contribution in [-0.2, 0) is 58.9 Å². The Balaban J connectivity index is 1.67. The van der Waals surface area contributed by atoms with Crippen molar-refractivity contribution in [2.24, 2.45) is 5.92 Å². The van der Waals surface area contributed by atoms with Gasteiger partial charge in [-0.15, -0.1) is 0 Å². The van der Waals surface area contributed by atoms with Crippen LogP contribution >= 0.6 is 0 Å². The molecule has 0 aliphatic carbocycles. The maximum atomic E-state index is 12.6. The SMILES string of the molecule is CCC(C)C(=O)OC[Si]12O[Si]3(C)O[Si]4(C)O[Si]5(C)O[Si](C)(O3)O[Si](C)(O[Si](C)(O5)O[Si](C)(O4)O1)O2. The smallest absolute Gasteiger partial charge is 0.461 e. The van der Waals surface area contributed by atoms with Crippen molar-refractivity contribution >= 4 is 76.4 Å². The van der Waals surface area contributed by atoms with Gasteiger partial charge in [0, 0.05) is 45.8 Å². The van der Waals surface area contributed by atoms with Crippen LogP contribution in [0.3, 0.4) is 0 Å². The summed E-state index contributed by atoms with van der Waals surface area (Å²) in [5, 5.41) is 0. The molecule has 1 atom stereocenters. The fourth-order valence-electron chi connectivity index (χ4n) is 4.94. The third-order valence-corrected chi connectivity index (χ3v) is 41.1. The summed E-state index contributed by atoms with van der Waals surface area (Å²) >= 11 is 0. The standard InChI is InChI=1S/C13H32O14Si8/c1-10-12(2)13(14)15-11-35-25-32(7)19-29(4)16-28(3)17-30(5,21-32)23-34(9,27-35)24-31(6,18-28)22-33(8,20-29)26-35/h12H,10-11H2,1-9H3. The highest BCUT2D eigenvalue weighted by atomic mass is 28.6. The Morgan fingerprint density at radius 2 is 0.829 bits per heavy atom. The van der Waals surface area contributed by atoms with Gasteiger partial charge in [-0.05, 0) is 6.42 Å². The predicted octanol–water partition coefficient (Wildman–Crippen LogP) is 1.30. The van der Waals surface area contributed by atoms with Gasteiger partial charge in [0.25, 0.3) is 0 Å². The monoisotopic (exact) mass is 636 g/mol. The van der Waals surface area contributed by atoms with Gasteiger partial charge in [-0.1, -0.05) is 13.8 Å². The number of rotatable bonds is 4. The van der Waals surface area contributed by atoms with Gasteiger partial charge in [0.05, 0.1) is 5.92 Å². The average Bonchev–Trinajstić information content (AvgIpc) is 2.56. The second-order valence-electron chi connectivity index (χ2n) is 9.86. The van der Waals surface area contributed by atoms with E-state index >= 15 is 0 Å². The van der Waals surface area contributed by atoms with Crippen molar-refractivity contribution < 1.29 is 58.9 Å². The summed E-state index contributed by atoms with van der Waals surface area (Å²) in [4.78, 5) is 12.6. The molecule has 22 heteroatoms. The Bertz CT molecular complexity index is 813. The zero-order chi connectivity index (χ0) is 25.8. The molecule has 200 valence electrons. The first-order chi connectivity index (χ1) is 15.9. The molecule has 14 nitrogen and oxygen atoms in total. The quantitative estimate of drug-likeness (QED) is 0.324. The van der Waals surface area contributed by atoms with Gasteiger partial charge in [-0.3, -0.25) is 4.79 Å². The molecule has 0 aromatic carbocycles. The van der Waals surface area contributed by atoms with E-state index in [1.54, 1.807) is 52.8 Å². The molecule has 6 fully saturated rings. The van der Waals surface area contributed by atoms with E-state index in [1.807, 2.05) is 6.92 Å². The molecule has 0 aromatic heterocycles. The molecule has 35 heavy (non-hydrogen) atoms. The number of hydrogen-bond acceptors (Lipinski definition) is 14. The van der Waals surface area contributed by atoms with Crippen LogP contribution in [0.2, 0.25) is 45.8 Å². The van der Waals surface area contributed by atoms with E-state index in [4.69, 9.17) is 54.1 Å². The fourth-order valence-corrected chi connectivity index (χ4v) is 50.0. The Kier molecular flexibility index (Phi) is 6.34. The van der Waals surface area contributed by atoms with Crippen molar-refractivity contribution in [1.82, 2.24) is 0 Å². The minimum atomic E-state index is -4.01. The van der Waals surface area contributed by atoms with Crippen molar-refractivity contribution in [3.8, 4) is 0 Å². The lowest BCUT2D eigenvalue weighted by Crippen LogP contribution is -2.86. The van der Waals surface area contributed by atoms with E-state index < -0.39 is 76.4 Å². The Morgan fingerprint density at radius 3 is 1.09 bits per heavy atom. The Labute approximate surface area is 213 Å². The fraction of sp³-hybridized carbons (Fsp3) is 0.923. The molecule has 0 spiro atoms. The highest BCUT2D eigenvalue weighted by Gasteiger charge is 2.79. The summed E-state index contributed by atoms with van der Waals surface area (Å²) in [6.45, 7) is 15.5. The van der Waals surface area contributed by atoms with Gasteiger partial charge < -0.3 is 54.1 Å². The third kappa shape index (κ3) is 5.18. The van der Waals surface area contributed by atoms with E-state index in [0.717, 1.165) is 0 Å². The zero-order valence-electron chi connectivity index (χ0n) is 21.2. The van der Waals surface area contributed by atoms with Gasteiger partial charge in [-0.2, -0.15) is 0 Å². The van der Waals surface area contributed by atoms with Crippen molar-refractivity contribution in [3.63, 3.8) is 0 Å². The maximum Gasteiger partial charge on any atom is 0.518 e. The molecule has 0 radical (unpaired) electrons. The molecule has 0 aromatic rings. The summed E-state index contributed by atoms with van der Waals surface area (Å²) in [6, 6.07) is 0. The van der Waals surface area contributed by atoms with Crippen LogP contribution in [-0.4, -0.2) is 82.6 Å². The van der Waals surface area contributed by atoms with E-state index in [-0.39, 0.29) is 12.1 Å². The molecule has 0 saturated carbocycles. The first-order valence-corrected chi connectivity index (χ1v) is 28.9. The molecule has 0 N–H and O–H groups in total. The highest BCUT2D eigenvalue weighted by Crippen LogP contribution is 2.47. The second-order valence-corrected chi connectivity index (χ2v) is 33.4. The predicted molar refractivity (Wildman–Crippen MR) is 131 cm³/mol. The van der Waals surface area contributed by atoms with Crippen LogP contribution < -0.4 is 0 Å². The summed E-state index contributed by atoms with van der Waals surface area (Å²) in [5.74, 6) is -0.737. The molecule has 6 heterocycles. The van der Waals surface area contributed by atoms with Crippen molar-refractivity contribution in [2.75, 3.05) is 6.23 Å². The number of carbonyl (C=O) groups excluding carboxylic acids is 1. The zero-order valence-corrected chi connectivity index (χ0v) is 29.2. The van der Waals surface area contributed by atoms with Crippen LogP contribution in [0, 0.1) is 5.92 Å². The molecule has 6 saturated heterocycles. The van der Waals surface area contributed by atoms with Crippen LogP contribution in [0.15, 0.2) is 0 Å². The van der Waals surface area contributed by atoms with E-state index in [2.05, 4.69) is 0 Å². The number of esters is 1. The summed E-state index contributed by atoms with van der Waals surface area (Å²) in [7, 11) is -29.3. The normalized spacial score (nSPS) is 55.9. The molecule has 6 aliphatic rings. The van der Waals surface area contributed by atoms with Crippen molar-refractivity contribution in [1.29, 1.82) is 0 Å². The largest absolute Gasteiger partial charge is 0.518 e. The number of ether oxygens (including phenoxy) is 1. The van der Waals surface area contributed by atoms with E-state index in [0.29, 0.717) is 6.42 Å². The summed E-state index contributed by atoms with van der Waals surface area (Å²) < 4.78 is 83.7. The molecule has 6 aliphatic heterocycles. The summed E-state index contributed by atoms with van der Waals surface area (Å²) in [6.07, 6.45) is 0.290. The van der Waals surface area contributed by atoms with Crippen LogP contribution in [0.5, 0.6) is 0 Å². The van der Waals surface area contributed by atoms with Crippen LogP contribution in [0.4, 0.5) is 0 Å². The van der Waals surface area contributed by atoms with Crippen LogP contribution in [0.1, 0.15) is 20.3 Å². The van der Waals surface area contributed by atoms with E-state index in [1.165, 1.54) is 0 Å². The average molecular weight is 637 g/mol. The third-order valence-electron chi connectivity index (χ3n) is 5.77. The number of hydrogen-bond donors (Lipinski definition) is 0. The van der Waals surface area contributed by atoms with E-state index in [9.17, 15) is 4.79 Å². The van der Waals surface area contributed by atoms with Gasteiger partial charge in [-0.25, -0.2) is 0 Å². The van der Waals surface area contributed by atoms with Gasteiger partial charge in [0.2, 0.25) is 0 Å². The van der Waals surface area contributed by atoms with Crippen molar-refractivity contribution in [2.45, 2.75) is 66.1 Å². The molecule has 1 unspecified atom stereocenters. The highest BCUT2D eigenvalue weighted by molar-refractivity contribution is 7.02.